The van der Waals surface area contributed by atoms with E-state index in [9.17, 15) is 4.79 Å². The van der Waals surface area contributed by atoms with E-state index in [1.54, 1.807) is 4.57 Å². The molecule has 13 heavy (non-hydrogen) atoms. The van der Waals surface area contributed by atoms with E-state index < -0.39 is 0 Å². The second-order valence-electron chi connectivity index (χ2n) is 3.24. The van der Waals surface area contributed by atoms with Crippen molar-refractivity contribution in [3.05, 3.63) is 20.2 Å². The van der Waals surface area contributed by atoms with Gasteiger partial charge in [-0.1, -0.05) is 17.3 Å². The van der Waals surface area contributed by atoms with E-state index in [0.29, 0.717) is 6.54 Å². The molecule has 0 amide bonds. The quantitative estimate of drug-likeness (QED) is 0.618. The molecule has 0 N–H and O–H groups in total. The van der Waals surface area contributed by atoms with Gasteiger partial charge in [-0.3, -0.25) is 9.36 Å². The number of hydrogen-bond donors (Lipinski definition) is 0. The Morgan fingerprint density at radius 2 is 2.23 bits per heavy atom. The lowest BCUT2D eigenvalue weighted by Crippen LogP contribution is -2.16. The zero-order valence-electron chi connectivity index (χ0n) is 7.38. The van der Waals surface area contributed by atoms with E-state index in [-0.39, 0.29) is 4.87 Å². The summed E-state index contributed by atoms with van der Waals surface area (Å²) >= 11 is 1.37. The van der Waals surface area contributed by atoms with Gasteiger partial charge in [0.1, 0.15) is 0 Å². The second kappa shape index (κ2) is 3.39. The summed E-state index contributed by atoms with van der Waals surface area (Å²) in [6.45, 7) is 0.435. The summed E-state index contributed by atoms with van der Waals surface area (Å²) in [7, 11) is 0. The molecule has 0 saturated carbocycles. The highest BCUT2D eigenvalue weighted by Gasteiger charge is 2.16. The number of rotatable bonds is 1. The van der Waals surface area contributed by atoms with Crippen molar-refractivity contribution in [3.8, 4) is 12.3 Å². The molecule has 0 fully saturated rings. The van der Waals surface area contributed by atoms with E-state index in [1.807, 2.05) is 0 Å². The molecule has 2 rings (SSSR count). The highest BCUT2D eigenvalue weighted by Crippen LogP contribution is 2.22. The standard InChI is InChI=1S/C10H11NOS/c1-2-7-11-8-5-3-4-6-9(8)13-10(11)12/h1H,3-7H2. The van der Waals surface area contributed by atoms with Crippen LogP contribution in [-0.2, 0) is 19.4 Å². The smallest absolute Gasteiger partial charge is 0.291 e. The van der Waals surface area contributed by atoms with Crippen molar-refractivity contribution in [3.63, 3.8) is 0 Å². The van der Waals surface area contributed by atoms with E-state index in [1.165, 1.54) is 34.7 Å². The molecule has 1 aliphatic rings. The van der Waals surface area contributed by atoms with Crippen LogP contribution in [0.3, 0.4) is 0 Å². The summed E-state index contributed by atoms with van der Waals surface area (Å²) in [5, 5.41) is 0. The lowest BCUT2D eigenvalue weighted by molar-refractivity contribution is 0.634. The van der Waals surface area contributed by atoms with Gasteiger partial charge in [0, 0.05) is 10.6 Å². The van der Waals surface area contributed by atoms with Crippen molar-refractivity contribution in [2.45, 2.75) is 32.2 Å². The van der Waals surface area contributed by atoms with Crippen molar-refractivity contribution in [2.24, 2.45) is 0 Å². The summed E-state index contributed by atoms with van der Waals surface area (Å²) in [5.74, 6) is 2.53. The van der Waals surface area contributed by atoms with Crippen LogP contribution in [0.25, 0.3) is 0 Å². The molecule has 0 unspecified atom stereocenters. The van der Waals surface area contributed by atoms with Gasteiger partial charge in [-0.05, 0) is 25.7 Å². The van der Waals surface area contributed by atoms with Crippen LogP contribution in [0.15, 0.2) is 4.79 Å². The third-order valence-corrected chi connectivity index (χ3v) is 3.48. The minimum absolute atomic E-state index is 0.116. The van der Waals surface area contributed by atoms with Crippen LogP contribution in [0.2, 0.25) is 0 Å². The number of fused-ring (bicyclic) bond motifs is 1. The van der Waals surface area contributed by atoms with Gasteiger partial charge in [-0.2, -0.15) is 0 Å². The Morgan fingerprint density at radius 1 is 1.46 bits per heavy atom. The Hall–Kier alpha value is -1.01. The molecule has 0 atom stereocenters. The molecule has 0 aliphatic heterocycles. The molecular formula is C10H11NOS. The first-order valence-electron chi connectivity index (χ1n) is 4.48. The Morgan fingerprint density at radius 3 is 3.00 bits per heavy atom. The van der Waals surface area contributed by atoms with Crippen LogP contribution in [0.4, 0.5) is 0 Å². The largest absolute Gasteiger partial charge is 0.308 e. The van der Waals surface area contributed by atoms with E-state index in [4.69, 9.17) is 6.42 Å². The van der Waals surface area contributed by atoms with Crippen molar-refractivity contribution in [2.75, 3.05) is 0 Å². The van der Waals surface area contributed by atoms with Crippen molar-refractivity contribution < 1.29 is 0 Å². The third kappa shape index (κ3) is 1.42. The Kier molecular flexibility index (Phi) is 2.24. The molecule has 0 spiro atoms. The first kappa shape index (κ1) is 8.58. The zero-order valence-corrected chi connectivity index (χ0v) is 8.19. The van der Waals surface area contributed by atoms with Crippen LogP contribution < -0.4 is 4.87 Å². The summed E-state index contributed by atoms with van der Waals surface area (Å²) in [6.07, 6.45) is 9.70. The maximum atomic E-state index is 11.5. The Balaban J connectivity index is 2.49. The topological polar surface area (TPSA) is 22.0 Å². The molecule has 0 aromatic carbocycles. The summed E-state index contributed by atoms with van der Waals surface area (Å²) < 4.78 is 1.75. The maximum Gasteiger partial charge on any atom is 0.308 e. The first-order valence-corrected chi connectivity index (χ1v) is 5.29. The molecule has 1 aliphatic carbocycles. The Labute approximate surface area is 81.2 Å². The summed E-state index contributed by atoms with van der Waals surface area (Å²) in [4.78, 5) is 12.9. The third-order valence-electron chi connectivity index (χ3n) is 2.40. The average molecular weight is 193 g/mol. The fourth-order valence-corrected chi connectivity index (χ4v) is 2.85. The lowest BCUT2D eigenvalue weighted by atomic mass is 10.0. The summed E-state index contributed by atoms with van der Waals surface area (Å²) in [5.41, 5.74) is 1.19. The van der Waals surface area contributed by atoms with Crippen LogP contribution >= 0.6 is 11.3 Å². The average Bonchev–Trinajstić information content (AvgIpc) is 2.44. The van der Waals surface area contributed by atoms with Crippen LogP contribution in [0.5, 0.6) is 0 Å². The van der Waals surface area contributed by atoms with Crippen molar-refractivity contribution in [1.29, 1.82) is 0 Å². The second-order valence-corrected chi connectivity index (χ2v) is 4.28. The SMILES string of the molecule is C#CCn1c2c(sc1=O)CCCC2. The number of nitrogens with zero attached hydrogens (tertiary/aromatic N) is 1. The molecule has 2 nitrogen and oxygen atoms in total. The van der Waals surface area contributed by atoms with Crippen LogP contribution in [-0.4, -0.2) is 4.57 Å². The predicted octanol–water partition coefficient (Wildman–Crippen LogP) is 1.42. The predicted molar refractivity (Wildman–Crippen MR) is 54.1 cm³/mol. The fourth-order valence-electron chi connectivity index (χ4n) is 1.78. The zero-order chi connectivity index (χ0) is 9.26. The molecular weight excluding hydrogens is 182 g/mol. The molecule has 0 radical (unpaired) electrons. The Bertz CT molecular complexity index is 408. The molecule has 3 heteroatoms. The van der Waals surface area contributed by atoms with Gasteiger partial charge < -0.3 is 0 Å². The van der Waals surface area contributed by atoms with Crippen LogP contribution in [0, 0.1) is 12.3 Å². The van der Waals surface area contributed by atoms with Crippen LogP contribution in [0.1, 0.15) is 23.4 Å². The maximum absolute atomic E-state index is 11.5. The number of hydrogen-bond acceptors (Lipinski definition) is 2. The highest BCUT2D eigenvalue weighted by atomic mass is 32.1. The first-order chi connectivity index (χ1) is 6.33. The van der Waals surface area contributed by atoms with Gasteiger partial charge in [0.25, 0.3) is 0 Å². The van der Waals surface area contributed by atoms with Gasteiger partial charge >= 0.3 is 4.87 Å². The van der Waals surface area contributed by atoms with Gasteiger partial charge in [0.05, 0.1) is 6.54 Å². The highest BCUT2D eigenvalue weighted by molar-refractivity contribution is 7.09. The van der Waals surface area contributed by atoms with Gasteiger partial charge in [0.2, 0.25) is 0 Å². The fraction of sp³-hybridized carbons (Fsp3) is 0.500. The number of aryl methyl sites for hydroxylation is 1. The van der Waals surface area contributed by atoms with Crippen molar-refractivity contribution >= 4 is 11.3 Å². The molecule has 1 aromatic heterocycles. The molecule has 1 heterocycles. The number of terminal acetylenes is 1. The van der Waals surface area contributed by atoms with Gasteiger partial charge in [-0.15, -0.1) is 6.42 Å². The molecule has 1 aromatic rings. The van der Waals surface area contributed by atoms with Crippen molar-refractivity contribution in [1.82, 2.24) is 4.57 Å². The van der Waals surface area contributed by atoms with Gasteiger partial charge in [-0.25, -0.2) is 0 Å². The number of thiazole rings is 1. The molecule has 0 saturated heterocycles. The van der Waals surface area contributed by atoms with E-state index in [2.05, 4.69) is 5.92 Å². The number of aromatic nitrogens is 1. The van der Waals surface area contributed by atoms with E-state index in [0.717, 1.165) is 12.8 Å². The monoisotopic (exact) mass is 193 g/mol. The minimum atomic E-state index is 0.116. The minimum Gasteiger partial charge on any atom is -0.291 e. The summed E-state index contributed by atoms with van der Waals surface area (Å²) in [6, 6.07) is 0. The van der Waals surface area contributed by atoms with Gasteiger partial charge in [0.15, 0.2) is 0 Å². The lowest BCUT2D eigenvalue weighted by Gasteiger charge is -2.11. The molecule has 0 bridgehead atoms. The molecule has 68 valence electrons. The van der Waals surface area contributed by atoms with E-state index >= 15 is 0 Å². The normalized spacial score (nSPS) is 15.0.